The van der Waals surface area contributed by atoms with Crippen molar-refractivity contribution < 1.29 is 4.79 Å². The zero-order valence-corrected chi connectivity index (χ0v) is 15.5. The van der Waals surface area contributed by atoms with Crippen LogP contribution in [0.25, 0.3) is 21.3 Å². The molecule has 0 aliphatic carbocycles. The lowest BCUT2D eigenvalue weighted by Crippen LogP contribution is -2.34. The van der Waals surface area contributed by atoms with Crippen molar-refractivity contribution >= 4 is 84.3 Å². The van der Waals surface area contributed by atoms with Gasteiger partial charge in [-0.3, -0.25) is 10.1 Å². The summed E-state index contributed by atoms with van der Waals surface area (Å²) < 4.78 is 9.17. The Morgan fingerprint density at radius 1 is 1.16 bits per heavy atom. The highest BCUT2D eigenvalue weighted by Crippen LogP contribution is 2.30. The van der Waals surface area contributed by atoms with Gasteiger partial charge in [0.05, 0.1) is 21.5 Å². The van der Waals surface area contributed by atoms with Gasteiger partial charge >= 0.3 is 0 Å². The number of carbonyl (C=O) groups is 1. The van der Waals surface area contributed by atoms with Crippen LogP contribution in [-0.4, -0.2) is 24.8 Å². The summed E-state index contributed by atoms with van der Waals surface area (Å²) >= 11 is 13.8. The van der Waals surface area contributed by atoms with E-state index in [1.807, 2.05) is 12.1 Å². The molecule has 0 radical (unpaired) electrons. The molecule has 0 aliphatic heterocycles. The zero-order chi connectivity index (χ0) is 17.4. The lowest BCUT2D eigenvalue weighted by molar-refractivity contribution is 0.0978. The molecule has 2 N–H and O–H groups in total. The summed E-state index contributed by atoms with van der Waals surface area (Å²) in [5.74, 6) is -0.327. The molecular formula is C15H8ClN5OS3. The number of rotatable bonds is 2. The van der Waals surface area contributed by atoms with Gasteiger partial charge in [-0.15, -0.1) is 0 Å². The Bertz CT molecular complexity index is 1120. The summed E-state index contributed by atoms with van der Waals surface area (Å²) in [7, 11) is 0. The third-order valence-electron chi connectivity index (χ3n) is 3.33. The molecule has 124 valence electrons. The van der Waals surface area contributed by atoms with Crippen LogP contribution in [0.2, 0.25) is 5.02 Å². The number of halogens is 1. The Morgan fingerprint density at radius 2 is 2.00 bits per heavy atom. The summed E-state index contributed by atoms with van der Waals surface area (Å²) in [6.45, 7) is 0. The van der Waals surface area contributed by atoms with E-state index in [1.165, 1.54) is 11.3 Å². The van der Waals surface area contributed by atoms with Gasteiger partial charge in [0.25, 0.3) is 5.91 Å². The summed E-state index contributed by atoms with van der Waals surface area (Å²) in [6, 6.07) is 10.7. The first-order valence-electron chi connectivity index (χ1n) is 7.00. The number of anilines is 1. The van der Waals surface area contributed by atoms with Crippen LogP contribution in [0.1, 0.15) is 10.4 Å². The van der Waals surface area contributed by atoms with Crippen LogP contribution < -0.4 is 10.6 Å². The molecule has 6 nitrogen and oxygen atoms in total. The van der Waals surface area contributed by atoms with Crippen LogP contribution in [0, 0.1) is 0 Å². The molecule has 0 saturated carbocycles. The van der Waals surface area contributed by atoms with Crippen molar-refractivity contribution in [3.63, 3.8) is 0 Å². The normalized spacial score (nSPS) is 10.9. The molecule has 0 unspecified atom stereocenters. The van der Waals surface area contributed by atoms with Crippen molar-refractivity contribution in [2.45, 2.75) is 0 Å². The first kappa shape index (κ1) is 16.3. The van der Waals surface area contributed by atoms with E-state index in [1.54, 1.807) is 24.3 Å². The number of thiazole rings is 1. The van der Waals surface area contributed by atoms with Gasteiger partial charge in [0.2, 0.25) is 0 Å². The van der Waals surface area contributed by atoms with Crippen LogP contribution in [0.4, 0.5) is 5.13 Å². The van der Waals surface area contributed by atoms with Crippen molar-refractivity contribution in [3.8, 4) is 0 Å². The Kier molecular flexibility index (Phi) is 4.30. The number of hydrogen-bond donors (Lipinski definition) is 2. The monoisotopic (exact) mass is 405 g/mol. The average Bonchev–Trinajstić information content (AvgIpc) is 3.20. The lowest BCUT2D eigenvalue weighted by atomic mass is 10.2. The number of amides is 1. The van der Waals surface area contributed by atoms with Crippen molar-refractivity contribution in [2.75, 3.05) is 5.32 Å². The van der Waals surface area contributed by atoms with Gasteiger partial charge < -0.3 is 5.32 Å². The van der Waals surface area contributed by atoms with Gasteiger partial charge in [-0.2, -0.15) is 8.75 Å². The number of aromatic nitrogens is 3. The maximum absolute atomic E-state index is 12.3. The molecule has 1 amide bonds. The lowest BCUT2D eigenvalue weighted by Gasteiger charge is -2.07. The minimum atomic E-state index is -0.327. The summed E-state index contributed by atoms with van der Waals surface area (Å²) in [5.41, 5.74) is 2.59. The highest BCUT2D eigenvalue weighted by molar-refractivity contribution is 7.80. The number of fused-ring (bicyclic) bond motifs is 2. The van der Waals surface area contributed by atoms with Crippen molar-refractivity contribution in [3.05, 3.63) is 47.0 Å². The van der Waals surface area contributed by atoms with E-state index < -0.39 is 0 Å². The van der Waals surface area contributed by atoms with Crippen LogP contribution in [0.5, 0.6) is 0 Å². The Balaban J connectivity index is 1.48. The fraction of sp³-hybridized carbons (Fsp3) is 0. The fourth-order valence-electron chi connectivity index (χ4n) is 2.20. The minimum absolute atomic E-state index is 0.164. The fourth-order valence-corrected chi connectivity index (χ4v) is 4.14. The first-order valence-corrected chi connectivity index (χ1v) is 9.33. The van der Waals surface area contributed by atoms with E-state index in [4.69, 9.17) is 23.8 Å². The van der Waals surface area contributed by atoms with Gasteiger partial charge in [0.1, 0.15) is 16.6 Å². The number of benzene rings is 2. The minimum Gasteiger partial charge on any atom is -0.308 e. The Labute approximate surface area is 160 Å². The quantitative estimate of drug-likeness (QED) is 0.489. The highest BCUT2D eigenvalue weighted by Gasteiger charge is 2.12. The molecule has 25 heavy (non-hydrogen) atoms. The Hall–Kier alpha value is -2.20. The maximum Gasteiger partial charge on any atom is 0.257 e. The topological polar surface area (TPSA) is 79.8 Å². The third-order valence-corrected chi connectivity index (χ3v) is 5.34. The smallest absolute Gasteiger partial charge is 0.257 e. The average molecular weight is 406 g/mol. The van der Waals surface area contributed by atoms with E-state index in [-0.39, 0.29) is 11.0 Å². The number of nitrogens with one attached hydrogen (secondary N) is 2. The molecule has 0 fully saturated rings. The molecule has 0 spiro atoms. The summed E-state index contributed by atoms with van der Waals surface area (Å²) in [4.78, 5) is 16.7. The van der Waals surface area contributed by atoms with Crippen LogP contribution >= 0.6 is 46.9 Å². The molecule has 0 aliphatic rings. The number of thiocarbonyl (C=S) groups is 1. The second-order valence-electron chi connectivity index (χ2n) is 4.98. The van der Waals surface area contributed by atoms with E-state index in [0.29, 0.717) is 26.8 Å². The number of carbonyl (C=O) groups excluding carboxylic acids is 1. The van der Waals surface area contributed by atoms with Gasteiger partial charge in [0, 0.05) is 5.56 Å². The Morgan fingerprint density at radius 3 is 2.84 bits per heavy atom. The summed E-state index contributed by atoms with van der Waals surface area (Å²) in [5, 5.41) is 6.84. The first-order chi connectivity index (χ1) is 12.1. The highest BCUT2D eigenvalue weighted by atomic mass is 35.5. The predicted molar refractivity (Wildman–Crippen MR) is 106 cm³/mol. The molecular weight excluding hydrogens is 398 g/mol. The number of para-hydroxylation sites is 1. The predicted octanol–water partition coefficient (Wildman–Crippen LogP) is 4.08. The zero-order valence-electron chi connectivity index (χ0n) is 12.3. The largest absolute Gasteiger partial charge is 0.308 e. The molecule has 2 aromatic heterocycles. The van der Waals surface area contributed by atoms with E-state index in [2.05, 4.69) is 24.4 Å². The molecule has 0 bridgehead atoms. The van der Waals surface area contributed by atoms with Crippen LogP contribution in [0.3, 0.4) is 0 Å². The van der Waals surface area contributed by atoms with E-state index in [9.17, 15) is 4.79 Å². The molecule has 4 aromatic rings. The van der Waals surface area contributed by atoms with Gasteiger partial charge in [-0.1, -0.05) is 29.0 Å². The van der Waals surface area contributed by atoms with Gasteiger partial charge in [-0.25, -0.2) is 4.98 Å². The molecule has 4 rings (SSSR count). The number of hydrogen-bond acceptors (Lipinski definition) is 7. The molecule has 2 heterocycles. The third kappa shape index (κ3) is 3.31. The molecule has 0 atom stereocenters. The van der Waals surface area contributed by atoms with Gasteiger partial charge in [-0.05, 0) is 42.5 Å². The van der Waals surface area contributed by atoms with Gasteiger partial charge in [0.15, 0.2) is 10.2 Å². The second-order valence-corrected chi connectivity index (χ2v) is 7.36. The summed E-state index contributed by atoms with van der Waals surface area (Å²) in [6.07, 6.45) is 0. The van der Waals surface area contributed by atoms with Crippen molar-refractivity contribution in [1.82, 2.24) is 19.0 Å². The molecule has 0 saturated heterocycles. The van der Waals surface area contributed by atoms with Crippen LogP contribution in [0.15, 0.2) is 36.4 Å². The van der Waals surface area contributed by atoms with E-state index in [0.717, 1.165) is 21.9 Å². The number of nitrogens with zero attached hydrogens (tertiary/aromatic N) is 3. The van der Waals surface area contributed by atoms with E-state index >= 15 is 0 Å². The molecule has 2 aromatic carbocycles. The van der Waals surface area contributed by atoms with Crippen LogP contribution in [-0.2, 0) is 0 Å². The molecule has 10 heteroatoms. The van der Waals surface area contributed by atoms with Crippen molar-refractivity contribution in [1.29, 1.82) is 0 Å². The second kappa shape index (κ2) is 6.60. The SMILES string of the molecule is O=C(NC(=S)Nc1nc2c(Cl)cccc2s1)c1ccc2nsnc2c1. The maximum atomic E-state index is 12.3. The van der Waals surface area contributed by atoms with Crippen molar-refractivity contribution in [2.24, 2.45) is 0 Å². The standard InChI is InChI=1S/C15H8ClN5OS3/c16-8-2-1-3-11-12(8)17-15(24-11)19-14(23)18-13(22)7-4-5-9-10(6-7)21-25-20-9/h1-6H,(H2,17,18,19,22,23).